The standard InChI is InChI=1S/C25H27NO2.C2H6/c1-18-10-13-21-17-24(20-7-3-2-4-8-20)26(23(21)16-18)22-14-11-19(12-15-22)6-5-9-25(27)28;1-2/h2-4,7-8,11-12,14-15,17-18H,5-6,9-10,13,16H2,1H3,(H,27,28);1-2H3. The Kier molecular flexibility index (Phi) is 7.51. The SMILES string of the molecule is CC.CC1CCc2cc(-c3ccccc3)n(-c3ccc(CCCC(=O)O)cc3)c2C1. The summed E-state index contributed by atoms with van der Waals surface area (Å²) in [5.74, 6) is -0.0164. The molecule has 3 aromatic rings. The van der Waals surface area contributed by atoms with Crippen molar-refractivity contribution in [3.63, 3.8) is 0 Å². The molecule has 3 nitrogen and oxygen atoms in total. The molecule has 0 bridgehead atoms. The maximum atomic E-state index is 10.7. The van der Waals surface area contributed by atoms with Crippen LogP contribution in [0.2, 0.25) is 0 Å². The highest BCUT2D eigenvalue weighted by Gasteiger charge is 2.23. The third-order valence-electron chi connectivity index (χ3n) is 5.76. The van der Waals surface area contributed by atoms with Crippen LogP contribution in [0.1, 0.15) is 56.9 Å². The van der Waals surface area contributed by atoms with E-state index in [2.05, 4.69) is 72.2 Å². The van der Waals surface area contributed by atoms with Crippen molar-refractivity contribution in [2.45, 2.75) is 59.3 Å². The molecule has 158 valence electrons. The largest absolute Gasteiger partial charge is 0.481 e. The molecule has 0 amide bonds. The van der Waals surface area contributed by atoms with E-state index in [1.165, 1.54) is 40.2 Å². The van der Waals surface area contributed by atoms with E-state index >= 15 is 0 Å². The maximum absolute atomic E-state index is 10.7. The van der Waals surface area contributed by atoms with Crippen LogP contribution in [-0.2, 0) is 24.1 Å². The Balaban J connectivity index is 0.00000124. The number of aliphatic carboxylic acids is 1. The Morgan fingerprint density at radius 1 is 1.07 bits per heavy atom. The molecule has 1 atom stereocenters. The molecule has 0 fully saturated rings. The van der Waals surface area contributed by atoms with Crippen LogP contribution in [0.3, 0.4) is 0 Å². The van der Waals surface area contributed by atoms with E-state index in [0.717, 1.165) is 19.3 Å². The van der Waals surface area contributed by atoms with Gasteiger partial charge in [-0.3, -0.25) is 4.79 Å². The summed E-state index contributed by atoms with van der Waals surface area (Å²) >= 11 is 0. The summed E-state index contributed by atoms with van der Waals surface area (Å²) in [6, 6.07) is 21.6. The molecule has 0 radical (unpaired) electrons. The van der Waals surface area contributed by atoms with Crippen LogP contribution in [0.15, 0.2) is 60.7 Å². The van der Waals surface area contributed by atoms with Crippen molar-refractivity contribution in [1.29, 1.82) is 0 Å². The van der Waals surface area contributed by atoms with Gasteiger partial charge in [-0.25, -0.2) is 0 Å². The fraction of sp³-hybridized carbons (Fsp3) is 0.370. The van der Waals surface area contributed by atoms with E-state index in [-0.39, 0.29) is 6.42 Å². The van der Waals surface area contributed by atoms with Gasteiger partial charge in [0, 0.05) is 17.8 Å². The van der Waals surface area contributed by atoms with Gasteiger partial charge in [0.2, 0.25) is 0 Å². The monoisotopic (exact) mass is 403 g/mol. The van der Waals surface area contributed by atoms with E-state index in [1.807, 2.05) is 13.8 Å². The fourth-order valence-electron chi connectivity index (χ4n) is 4.25. The Morgan fingerprint density at radius 3 is 2.43 bits per heavy atom. The summed E-state index contributed by atoms with van der Waals surface area (Å²) in [7, 11) is 0. The first-order chi connectivity index (χ1) is 14.6. The highest BCUT2D eigenvalue weighted by atomic mass is 16.4. The summed E-state index contributed by atoms with van der Waals surface area (Å²) in [5, 5.41) is 8.83. The highest BCUT2D eigenvalue weighted by molar-refractivity contribution is 5.67. The van der Waals surface area contributed by atoms with Gasteiger partial charge in [-0.1, -0.05) is 63.2 Å². The molecule has 1 aliphatic rings. The van der Waals surface area contributed by atoms with Crippen molar-refractivity contribution in [3.8, 4) is 16.9 Å². The van der Waals surface area contributed by atoms with E-state index in [0.29, 0.717) is 12.3 Å². The third kappa shape index (κ3) is 5.02. The minimum atomic E-state index is -0.725. The van der Waals surface area contributed by atoms with Gasteiger partial charge in [-0.2, -0.15) is 0 Å². The second kappa shape index (κ2) is 10.3. The van der Waals surface area contributed by atoms with Crippen molar-refractivity contribution in [1.82, 2.24) is 4.57 Å². The number of hydrogen-bond acceptors (Lipinski definition) is 1. The molecule has 1 unspecified atom stereocenters. The number of benzene rings is 2. The highest BCUT2D eigenvalue weighted by Crippen LogP contribution is 2.35. The minimum Gasteiger partial charge on any atom is -0.481 e. The Morgan fingerprint density at radius 2 is 1.77 bits per heavy atom. The number of aromatic nitrogens is 1. The predicted molar refractivity (Wildman–Crippen MR) is 124 cm³/mol. The van der Waals surface area contributed by atoms with E-state index < -0.39 is 5.97 Å². The van der Waals surface area contributed by atoms with E-state index in [1.54, 1.807) is 0 Å². The quantitative estimate of drug-likeness (QED) is 0.497. The molecular formula is C27H33NO2. The summed E-state index contributed by atoms with van der Waals surface area (Å²) in [6.45, 7) is 6.34. The maximum Gasteiger partial charge on any atom is 0.303 e. The first kappa shape index (κ1) is 21.9. The smallest absolute Gasteiger partial charge is 0.303 e. The summed E-state index contributed by atoms with van der Waals surface area (Å²) in [5.41, 5.74) is 7.81. The van der Waals surface area contributed by atoms with Crippen LogP contribution in [0.25, 0.3) is 16.9 Å². The first-order valence-corrected chi connectivity index (χ1v) is 11.2. The molecule has 4 rings (SSSR count). The number of carboxylic acid groups (broad SMARTS) is 1. The average molecular weight is 404 g/mol. The first-order valence-electron chi connectivity index (χ1n) is 11.2. The predicted octanol–water partition coefficient (Wildman–Crippen LogP) is 6.70. The Bertz CT molecular complexity index is 955. The summed E-state index contributed by atoms with van der Waals surface area (Å²) in [6.07, 6.45) is 5.23. The molecule has 3 heteroatoms. The normalized spacial score (nSPS) is 15.1. The number of carbonyl (C=O) groups is 1. The van der Waals surface area contributed by atoms with Crippen LogP contribution >= 0.6 is 0 Å². The molecule has 1 heterocycles. The van der Waals surface area contributed by atoms with Crippen molar-refractivity contribution < 1.29 is 9.90 Å². The second-order valence-corrected chi connectivity index (χ2v) is 7.96. The second-order valence-electron chi connectivity index (χ2n) is 7.96. The molecule has 1 aromatic heterocycles. The van der Waals surface area contributed by atoms with E-state index in [9.17, 15) is 4.79 Å². The molecule has 2 aromatic carbocycles. The van der Waals surface area contributed by atoms with Crippen LogP contribution in [0, 0.1) is 5.92 Å². The number of nitrogens with zero attached hydrogens (tertiary/aromatic N) is 1. The fourth-order valence-corrected chi connectivity index (χ4v) is 4.25. The van der Waals surface area contributed by atoms with Gasteiger partial charge in [0.25, 0.3) is 0 Å². The summed E-state index contributed by atoms with van der Waals surface area (Å²) in [4.78, 5) is 10.7. The molecule has 30 heavy (non-hydrogen) atoms. The van der Waals surface area contributed by atoms with Gasteiger partial charge < -0.3 is 9.67 Å². The Labute approximate surface area is 180 Å². The number of carboxylic acids is 1. The zero-order chi connectivity index (χ0) is 21.5. The van der Waals surface area contributed by atoms with Gasteiger partial charge in [0.15, 0.2) is 0 Å². The molecule has 0 saturated heterocycles. The lowest BCUT2D eigenvalue weighted by atomic mass is 9.89. The van der Waals surface area contributed by atoms with Gasteiger partial charge >= 0.3 is 5.97 Å². The minimum absolute atomic E-state index is 0.225. The van der Waals surface area contributed by atoms with Crippen LogP contribution in [0.5, 0.6) is 0 Å². The van der Waals surface area contributed by atoms with Crippen molar-refractivity contribution in [3.05, 3.63) is 77.5 Å². The number of aryl methyl sites for hydroxylation is 2. The molecule has 1 aliphatic carbocycles. The third-order valence-corrected chi connectivity index (χ3v) is 5.76. The van der Waals surface area contributed by atoms with Gasteiger partial charge in [-0.05, 0) is 72.9 Å². The number of hydrogen-bond donors (Lipinski definition) is 1. The molecular weight excluding hydrogens is 370 g/mol. The summed E-state index contributed by atoms with van der Waals surface area (Å²) < 4.78 is 2.43. The van der Waals surface area contributed by atoms with Crippen molar-refractivity contribution in [2.75, 3.05) is 0 Å². The number of rotatable bonds is 6. The molecule has 1 N–H and O–H groups in total. The molecule has 0 aliphatic heterocycles. The van der Waals surface area contributed by atoms with Crippen LogP contribution in [0.4, 0.5) is 0 Å². The molecule has 0 spiro atoms. The van der Waals surface area contributed by atoms with Gasteiger partial charge in [0.1, 0.15) is 0 Å². The number of fused-ring (bicyclic) bond motifs is 1. The Hall–Kier alpha value is -2.81. The van der Waals surface area contributed by atoms with Gasteiger partial charge in [-0.15, -0.1) is 0 Å². The topological polar surface area (TPSA) is 42.2 Å². The lowest BCUT2D eigenvalue weighted by Crippen LogP contribution is -2.14. The zero-order valence-corrected chi connectivity index (χ0v) is 18.4. The molecule has 0 saturated carbocycles. The van der Waals surface area contributed by atoms with Crippen LogP contribution < -0.4 is 0 Å². The van der Waals surface area contributed by atoms with E-state index in [4.69, 9.17) is 5.11 Å². The van der Waals surface area contributed by atoms with Crippen molar-refractivity contribution in [2.24, 2.45) is 5.92 Å². The van der Waals surface area contributed by atoms with Gasteiger partial charge in [0.05, 0.1) is 5.69 Å². The lowest BCUT2D eigenvalue weighted by molar-refractivity contribution is -0.137. The average Bonchev–Trinajstić information content (AvgIpc) is 3.15. The van der Waals surface area contributed by atoms with Crippen LogP contribution in [-0.4, -0.2) is 15.6 Å². The van der Waals surface area contributed by atoms with Crippen molar-refractivity contribution >= 4 is 5.97 Å². The lowest BCUT2D eigenvalue weighted by Gasteiger charge is -2.22. The zero-order valence-electron chi connectivity index (χ0n) is 18.4.